The van der Waals surface area contributed by atoms with Crippen LogP contribution in [0.1, 0.15) is 39.2 Å². The summed E-state index contributed by atoms with van der Waals surface area (Å²) in [6.45, 7) is 7.82. The number of nitrogens with zero attached hydrogens (tertiary/aromatic N) is 4. The zero-order valence-corrected chi connectivity index (χ0v) is 24.7. The molecule has 5 rings (SSSR count). The van der Waals surface area contributed by atoms with Gasteiger partial charge in [-0.15, -0.1) is 0 Å². The van der Waals surface area contributed by atoms with Crippen LogP contribution in [-0.2, 0) is 14.8 Å². The van der Waals surface area contributed by atoms with Gasteiger partial charge in [0.15, 0.2) is 0 Å². The summed E-state index contributed by atoms with van der Waals surface area (Å²) < 4.78 is 31.2. The van der Waals surface area contributed by atoms with Crippen LogP contribution in [0.5, 0.6) is 0 Å². The lowest BCUT2D eigenvalue weighted by Gasteiger charge is -2.34. The van der Waals surface area contributed by atoms with Crippen molar-refractivity contribution in [1.29, 1.82) is 0 Å². The molecule has 3 heterocycles. The third-order valence-electron chi connectivity index (χ3n) is 6.95. The van der Waals surface area contributed by atoms with Crippen LogP contribution >= 0.6 is 24.0 Å². The first-order valence-electron chi connectivity index (χ1n) is 13.2. The molecule has 0 N–H and O–H groups in total. The number of aromatic nitrogens is 2. The number of hydrogen-bond donors (Lipinski definition) is 0. The van der Waals surface area contributed by atoms with Gasteiger partial charge in [-0.2, -0.15) is 9.40 Å². The minimum Gasteiger partial charge on any atom is -0.293 e. The van der Waals surface area contributed by atoms with E-state index in [1.54, 1.807) is 32.1 Å². The number of hydrogen-bond acceptors (Lipinski definition) is 6. The molecule has 39 heavy (non-hydrogen) atoms. The fraction of sp³-hybridized carbons (Fsp3) is 0.345. The highest BCUT2D eigenvalue weighted by Gasteiger charge is 2.33. The van der Waals surface area contributed by atoms with Crippen LogP contribution in [0.4, 0.5) is 0 Å². The van der Waals surface area contributed by atoms with Crippen molar-refractivity contribution < 1.29 is 13.2 Å². The van der Waals surface area contributed by atoms with Crippen molar-refractivity contribution in [2.45, 2.75) is 38.5 Å². The zero-order valence-electron chi connectivity index (χ0n) is 22.3. The standard InChI is InChI=1S/C29H32N4O3S3/c1-4-13-32-28(34)26(38-29(32)37)16-23-19-33(24-10-6-5-7-11-24)30-27(23)22-9-8-12-25(15-22)39(35,36)31-17-20(2)14-21(3)18-31/h5-12,15-16,19-21H,4,13-14,17-18H2,1-3H3/b26-16-. The summed E-state index contributed by atoms with van der Waals surface area (Å²) in [7, 11) is -3.67. The first-order valence-corrected chi connectivity index (χ1v) is 15.8. The molecule has 3 aromatic rings. The monoisotopic (exact) mass is 580 g/mol. The summed E-state index contributed by atoms with van der Waals surface area (Å²) in [5.74, 6) is 0.507. The summed E-state index contributed by atoms with van der Waals surface area (Å²) in [5.41, 5.74) is 2.83. The van der Waals surface area contributed by atoms with Crippen LogP contribution in [0.15, 0.2) is 70.6 Å². The van der Waals surface area contributed by atoms with Gasteiger partial charge in [0.05, 0.1) is 15.5 Å². The Bertz CT molecular complexity index is 1520. The van der Waals surface area contributed by atoms with E-state index < -0.39 is 10.0 Å². The highest BCUT2D eigenvalue weighted by molar-refractivity contribution is 8.26. The van der Waals surface area contributed by atoms with Crippen LogP contribution in [0.3, 0.4) is 0 Å². The Balaban J connectivity index is 1.57. The Labute approximate surface area is 239 Å². The van der Waals surface area contributed by atoms with E-state index in [-0.39, 0.29) is 10.8 Å². The van der Waals surface area contributed by atoms with Crippen LogP contribution < -0.4 is 0 Å². The number of sulfonamides is 1. The fourth-order valence-corrected chi connectivity index (χ4v) is 8.27. The van der Waals surface area contributed by atoms with Gasteiger partial charge in [-0.25, -0.2) is 13.1 Å². The maximum atomic E-state index is 13.6. The lowest BCUT2D eigenvalue weighted by Crippen LogP contribution is -2.42. The molecule has 204 valence electrons. The highest BCUT2D eigenvalue weighted by Crippen LogP contribution is 2.36. The van der Waals surface area contributed by atoms with Gasteiger partial charge in [0, 0.05) is 37.0 Å². The smallest absolute Gasteiger partial charge is 0.266 e. The summed E-state index contributed by atoms with van der Waals surface area (Å²) in [4.78, 5) is 15.5. The number of carbonyl (C=O) groups is 1. The number of carbonyl (C=O) groups excluding carboxylic acids is 1. The van der Waals surface area contributed by atoms with Gasteiger partial charge in [-0.1, -0.05) is 75.1 Å². The second kappa shape index (κ2) is 11.4. The molecule has 0 bridgehead atoms. The van der Waals surface area contributed by atoms with E-state index in [1.165, 1.54) is 11.8 Å². The third-order valence-corrected chi connectivity index (χ3v) is 10.2. The third kappa shape index (κ3) is 5.75. The van der Waals surface area contributed by atoms with Gasteiger partial charge in [0.1, 0.15) is 10.0 Å². The number of rotatable bonds is 7. The first-order chi connectivity index (χ1) is 18.7. The molecule has 0 saturated carbocycles. The van der Waals surface area contributed by atoms with Crippen LogP contribution in [-0.4, -0.2) is 57.3 Å². The van der Waals surface area contributed by atoms with Gasteiger partial charge >= 0.3 is 0 Å². The Kier molecular flexibility index (Phi) is 8.09. The summed E-state index contributed by atoms with van der Waals surface area (Å²) in [6.07, 6.45) is 5.52. The van der Waals surface area contributed by atoms with Crippen molar-refractivity contribution in [2.75, 3.05) is 19.6 Å². The second-order valence-corrected chi connectivity index (χ2v) is 14.0. The Morgan fingerprint density at radius 2 is 1.79 bits per heavy atom. The summed E-state index contributed by atoms with van der Waals surface area (Å²) >= 11 is 6.74. The quantitative estimate of drug-likeness (QED) is 0.259. The van der Waals surface area contributed by atoms with Gasteiger partial charge in [0.2, 0.25) is 10.0 Å². The Morgan fingerprint density at radius 3 is 2.49 bits per heavy atom. The molecule has 2 unspecified atom stereocenters. The van der Waals surface area contributed by atoms with Gasteiger partial charge in [0.25, 0.3) is 5.91 Å². The van der Waals surface area contributed by atoms with Gasteiger partial charge in [-0.3, -0.25) is 9.69 Å². The molecule has 10 heteroatoms. The maximum absolute atomic E-state index is 13.6. The second-order valence-electron chi connectivity index (χ2n) is 10.3. The number of amides is 1. The number of piperidine rings is 1. The van der Waals surface area contributed by atoms with Crippen molar-refractivity contribution in [1.82, 2.24) is 19.0 Å². The Morgan fingerprint density at radius 1 is 1.08 bits per heavy atom. The molecular formula is C29H32N4O3S3. The largest absolute Gasteiger partial charge is 0.293 e. The number of para-hydroxylation sites is 1. The van der Waals surface area contributed by atoms with Gasteiger partial charge in [-0.05, 0) is 55.0 Å². The normalized spacial score (nSPS) is 21.7. The highest BCUT2D eigenvalue weighted by atomic mass is 32.2. The van der Waals surface area contributed by atoms with E-state index in [1.807, 2.05) is 55.6 Å². The number of benzene rings is 2. The van der Waals surface area contributed by atoms with Gasteiger partial charge < -0.3 is 0 Å². The van der Waals surface area contributed by atoms with Crippen molar-refractivity contribution in [3.8, 4) is 16.9 Å². The minimum atomic E-state index is -3.67. The van der Waals surface area contributed by atoms with E-state index in [2.05, 4.69) is 13.8 Å². The van der Waals surface area contributed by atoms with Crippen molar-refractivity contribution in [2.24, 2.45) is 11.8 Å². The fourth-order valence-electron chi connectivity index (χ4n) is 5.24. The van der Waals surface area contributed by atoms with E-state index in [0.29, 0.717) is 57.5 Å². The zero-order chi connectivity index (χ0) is 27.7. The average Bonchev–Trinajstić information content (AvgIpc) is 3.45. The summed E-state index contributed by atoms with van der Waals surface area (Å²) in [5, 5.41) is 4.85. The van der Waals surface area contributed by atoms with E-state index >= 15 is 0 Å². The first kappa shape index (κ1) is 27.8. The van der Waals surface area contributed by atoms with Crippen molar-refractivity contribution in [3.63, 3.8) is 0 Å². The van der Waals surface area contributed by atoms with Crippen LogP contribution in [0, 0.1) is 11.8 Å². The molecule has 2 aliphatic heterocycles. The van der Waals surface area contributed by atoms with E-state index in [0.717, 1.165) is 18.5 Å². The molecule has 0 radical (unpaired) electrons. The molecule has 2 atom stereocenters. The van der Waals surface area contributed by atoms with Crippen molar-refractivity contribution in [3.05, 3.63) is 71.3 Å². The molecule has 2 aromatic carbocycles. The summed E-state index contributed by atoms with van der Waals surface area (Å²) in [6, 6.07) is 16.6. The van der Waals surface area contributed by atoms with Crippen LogP contribution in [0.25, 0.3) is 23.0 Å². The molecule has 0 aliphatic carbocycles. The van der Waals surface area contributed by atoms with Crippen LogP contribution in [0.2, 0.25) is 0 Å². The van der Waals surface area contributed by atoms with E-state index in [9.17, 15) is 13.2 Å². The average molecular weight is 581 g/mol. The predicted molar refractivity (Wildman–Crippen MR) is 161 cm³/mol. The molecule has 2 saturated heterocycles. The van der Waals surface area contributed by atoms with Crippen molar-refractivity contribution >= 4 is 50.3 Å². The molecular weight excluding hydrogens is 549 g/mol. The predicted octanol–water partition coefficient (Wildman–Crippen LogP) is 5.82. The number of thioether (sulfide) groups is 1. The molecule has 2 fully saturated rings. The lowest BCUT2D eigenvalue weighted by molar-refractivity contribution is -0.122. The molecule has 1 aromatic heterocycles. The lowest BCUT2D eigenvalue weighted by atomic mass is 9.94. The molecule has 1 amide bonds. The SMILES string of the molecule is CCCN1C(=O)/C(=C/c2cn(-c3ccccc3)nc2-c2cccc(S(=O)(=O)N3CC(C)CC(C)C3)c2)SC1=S. The van der Waals surface area contributed by atoms with E-state index in [4.69, 9.17) is 17.3 Å². The molecule has 7 nitrogen and oxygen atoms in total. The Hall–Kier alpha value is -2.79. The maximum Gasteiger partial charge on any atom is 0.266 e. The number of thiocarbonyl (C=S) groups is 1. The topological polar surface area (TPSA) is 75.5 Å². The minimum absolute atomic E-state index is 0.116. The molecule has 0 spiro atoms. The molecule has 2 aliphatic rings.